The van der Waals surface area contributed by atoms with Gasteiger partial charge in [-0.2, -0.15) is 0 Å². The van der Waals surface area contributed by atoms with Crippen molar-refractivity contribution in [2.24, 2.45) is 0 Å². The van der Waals surface area contributed by atoms with Crippen LogP contribution < -0.4 is 0 Å². The molecule has 1 heterocycles. The van der Waals surface area contributed by atoms with Gasteiger partial charge in [0.1, 0.15) is 0 Å². The second-order valence-corrected chi connectivity index (χ2v) is 5.11. The van der Waals surface area contributed by atoms with Gasteiger partial charge in [-0.05, 0) is 24.6 Å². The zero-order valence-corrected chi connectivity index (χ0v) is 11.9. The molecule has 0 radical (unpaired) electrons. The molecule has 102 valence electrons. The topological polar surface area (TPSA) is 14.2 Å². The number of nitrogens with zero attached hydrogens (tertiary/aromatic N) is 1. The summed E-state index contributed by atoms with van der Waals surface area (Å²) in [5.74, 6) is 0. The summed E-state index contributed by atoms with van der Waals surface area (Å²) in [7, 11) is 1.76. The van der Waals surface area contributed by atoms with E-state index in [1.807, 2.05) is 6.07 Å². The summed E-state index contributed by atoms with van der Waals surface area (Å²) in [4.78, 5) is 0. The van der Waals surface area contributed by atoms with Crippen LogP contribution in [-0.2, 0) is 11.3 Å². The summed E-state index contributed by atoms with van der Waals surface area (Å²) in [6.07, 6.45) is 0.188. The molecule has 0 aliphatic rings. The summed E-state index contributed by atoms with van der Waals surface area (Å²) in [6, 6.07) is 21.3. The second-order valence-electron chi connectivity index (χ2n) is 5.11. The molecule has 1 unspecified atom stereocenters. The standard InChI is InChI=1S/C18H19NO/c1-14(20-2)13-19-17-11-7-6-10-16(17)12-18(19)15-8-4-3-5-9-15/h3-12,14H,13H2,1-2H3. The van der Waals surface area contributed by atoms with Gasteiger partial charge < -0.3 is 9.30 Å². The molecule has 0 spiro atoms. The Bertz CT molecular complexity index is 700. The maximum absolute atomic E-state index is 5.44. The normalized spacial score (nSPS) is 12.7. The van der Waals surface area contributed by atoms with Crippen LogP contribution in [0, 0.1) is 0 Å². The number of hydrogen-bond acceptors (Lipinski definition) is 1. The molecule has 3 rings (SSSR count). The number of para-hydroxylation sites is 1. The highest BCUT2D eigenvalue weighted by Crippen LogP contribution is 2.28. The molecule has 0 N–H and O–H groups in total. The summed E-state index contributed by atoms with van der Waals surface area (Å²) in [5, 5.41) is 1.27. The van der Waals surface area contributed by atoms with Gasteiger partial charge in [0.15, 0.2) is 0 Å². The lowest BCUT2D eigenvalue weighted by Crippen LogP contribution is -2.15. The molecule has 1 aromatic heterocycles. The molecule has 0 bridgehead atoms. The molecule has 3 aromatic rings. The van der Waals surface area contributed by atoms with Crippen LogP contribution in [0.5, 0.6) is 0 Å². The molecule has 20 heavy (non-hydrogen) atoms. The van der Waals surface area contributed by atoms with Gasteiger partial charge in [0.25, 0.3) is 0 Å². The predicted octanol–water partition coefficient (Wildman–Crippen LogP) is 4.34. The van der Waals surface area contributed by atoms with E-state index in [-0.39, 0.29) is 6.10 Å². The lowest BCUT2D eigenvalue weighted by molar-refractivity contribution is 0.105. The van der Waals surface area contributed by atoms with Crippen LogP contribution >= 0.6 is 0 Å². The third-order valence-corrected chi connectivity index (χ3v) is 3.72. The van der Waals surface area contributed by atoms with E-state index < -0.39 is 0 Å². The van der Waals surface area contributed by atoms with Crippen LogP contribution in [-0.4, -0.2) is 17.8 Å². The smallest absolute Gasteiger partial charge is 0.0722 e. The van der Waals surface area contributed by atoms with E-state index in [1.165, 1.54) is 22.2 Å². The molecule has 1 atom stereocenters. The van der Waals surface area contributed by atoms with Gasteiger partial charge in [0.05, 0.1) is 6.10 Å². The summed E-state index contributed by atoms with van der Waals surface area (Å²) in [6.45, 7) is 2.96. The summed E-state index contributed by atoms with van der Waals surface area (Å²) < 4.78 is 7.79. The molecule has 0 aliphatic carbocycles. The number of methoxy groups -OCH3 is 1. The quantitative estimate of drug-likeness (QED) is 0.684. The number of rotatable bonds is 4. The Hall–Kier alpha value is -2.06. The predicted molar refractivity (Wildman–Crippen MR) is 83.8 cm³/mol. The average Bonchev–Trinajstić information content (AvgIpc) is 2.87. The Morgan fingerprint density at radius 2 is 1.70 bits per heavy atom. The molecule has 2 aromatic carbocycles. The van der Waals surface area contributed by atoms with Gasteiger partial charge in [0.2, 0.25) is 0 Å². The van der Waals surface area contributed by atoms with Crippen molar-refractivity contribution in [2.45, 2.75) is 19.6 Å². The van der Waals surface area contributed by atoms with E-state index in [9.17, 15) is 0 Å². The molecule has 2 heteroatoms. The minimum absolute atomic E-state index is 0.188. The number of aromatic nitrogens is 1. The zero-order chi connectivity index (χ0) is 13.9. The van der Waals surface area contributed by atoms with E-state index in [1.54, 1.807) is 7.11 Å². The van der Waals surface area contributed by atoms with Gasteiger partial charge in [-0.15, -0.1) is 0 Å². The van der Waals surface area contributed by atoms with Gasteiger partial charge in [-0.25, -0.2) is 0 Å². The van der Waals surface area contributed by atoms with Crippen molar-refractivity contribution < 1.29 is 4.74 Å². The van der Waals surface area contributed by atoms with Crippen molar-refractivity contribution in [1.29, 1.82) is 0 Å². The molecule has 0 amide bonds. The fourth-order valence-electron chi connectivity index (χ4n) is 2.59. The minimum Gasteiger partial charge on any atom is -0.380 e. The first-order valence-electron chi connectivity index (χ1n) is 6.96. The van der Waals surface area contributed by atoms with Crippen molar-refractivity contribution >= 4 is 10.9 Å². The lowest BCUT2D eigenvalue weighted by Gasteiger charge is -2.15. The van der Waals surface area contributed by atoms with E-state index in [2.05, 4.69) is 66.1 Å². The van der Waals surface area contributed by atoms with Crippen molar-refractivity contribution in [3.05, 3.63) is 60.7 Å². The summed E-state index contributed by atoms with van der Waals surface area (Å²) >= 11 is 0. The molecule has 0 saturated carbocycles. The molecule has 0 saturated heterocycles. The van der Waals surface area contributed by atoms with Crippen LogP contribution in [0.2, 0.25) is 0 Å². The highest BCUT2D eigenvalue weighted by molar-refractivity contribution is 5.87. The van der Waals surface area contributed by atoms with E-state index >= 15 is 0 Å². The second kappa shape index (κ2) is 5.51. The Morgan fingerprint density at radius 3 is 2.45 bits per heavy atom. The van der Waals surface area contributed by atoms with Gasteiger partial charge >= 0.3 is 0 Å². The fourth-order valence-corrected chi connectivity index (χ4v) is 2.59. The molecular formula is C18H19NO. The van der Waals surface area contributed by atoms with Crippen LogP contribution in [0.25, 0.3) is 22.2 Å². The average molecular weight is 265 g/mol. The minimum atomic E-state index is 0.188. The zero-order valence-electron chi connectivity index (χ0n) is 11.9. The molecular weight excluding hydrogens is 246 g/mol. The first kappa shape index (κ1) is 12.9. The largest absolute Gasteiger partial charge is 0.380 e. The van der Waals surface area contributed by atoms with Gasteiger partial charge in [-0.3, -0.25) is 0 Å². The van der Waals surface area contributed by atoms with Crippen LogP contribution in [0.1, 0.15) is 6.92 Å². The number of fused-ring (bicyclic) bond motifs is 1. The monoisotopic (exact) mass is 265 g/mol. The van der Waals surface area contributed by atoms with Crippen LogP contribution in [0.3, 0.4) is 0 Å². The number of benzene rings is 2. The van der Waals surface area contributed by atoms with Crippen molar-refractivity contribution in [1.82, 2.24) is 4.57 Å². The van der Waals surface area contributed by atoms with Crippen LogP contribution in [0.4, 0.5) is 0 Å². The maximum Gasteiger partial charge on any atom is 0.0722 e. The third-order valence-electron chi connectivity index (χ3n) is 3.72. The number of hydrogen-bond donors (Lipinski definition) is 0. The first-order valence-corrected chi connectivity index (χ1v) is 6.96. The van der Waals surface area contributed by atoms with Crippen molar-refractivity contribution in [3.8, 4) is 11.3 Å². The van der Waals surface area contributed by atoms with Crippen LogP contribution in [0.15, 0.2) is 60.7 Å². The SMILES string of the molecule is COC(C)Cn1c(-c2ccccc2)cc2ccccc21. The molecule has 2 nitrogen and oxygen atoms in total. The third kappa shape index (κ3) is 2.35. The van der Waals surface area contributed by atoms with E-state index in [0.29, 0.717) is 0 Å². The number of ether oxygens (including phenoxy) is 1. The van der Waals surface area contributed by atoms with Gasteiger partial charge in [0, 0.05) is 30.3 Å². The van der Waals surface area contributed by atoms with E-state index in [0.717, 1.165) is 6.54 Å². The lowest BCUT2D eigenvalue weighted by atomic mass is 10.1. The Balaban J connectivity index is 2.17. The Morgan fingerprint density at radius 1 is 1.00 bits per heavy atom. The highest BCUT2D eigenvalue weighted by Gasteiger charge is 2.12. The van der Waals surface area contributed by atoms with Crippen molar-refractivity contribution in [3.63, 3.8) is 0 Å². The summed E-state index contributed by atoms with van der Waals surface area (Å²) in [5.41, 5.74) is 3.75. The Kier molecular flexibility index (Phi) is 3.57. The molecule has 0 fully saturated rings. The van der Waals surface area contributed by atoms with Gasteiger partial charge in [-0.1, -0.05) is 48.5 Å². The van der Waals surface area contributed by atoms with E-state index in [4.69, 9.17) is 4.74 Å². The first-order chi connectivity index (χ1) is 9.79. The highest BCUT2D eigenvalue weighted by atomic mass is 16.5. The fraction of sp³-hybridized carbons (Fsp3) is 0.222. The maximum atomic E-state index is 5.44. The Labute approximate surface area is 119 Å². The molecule has 0 aliphatic heterocycles. The van der Waals surface area contributed by atoms with Crippen molar-refractivity contribution in [2.75, 3.05) is 7.11 Å².